The topological polar surface area (TPSA) is 108 Å². The van der Waals surface area contributed by atoms with E-state index in [2.05, 4.69) is 0 Å². The van der Waals surface area contributed by atoms with E-state index in [1.54, 1.807) is 4.90 Å². The summed E-state index contributed by atoms with van der Waals surface area (Å²) in [7, 11) is 0. The Balaban J connectivity index is 2.55. The van der Waals surface area contributed by atoms with Crippen LogP contribution in [0.4, 0.5) is 0 Å². The van der Waals surface area contributed by atoms with E-state index in [0.717, 1.165) is 12.8 Å². The second kappa shape index (κ2) is 8.13. The predicted molar refractivity (Wildman–Crippen MR) is 69.3 cm³/mol. The third-order valence-electron chi connectivity index (χ3n) is 3.08. The van der Waals surface area contributed by atoms with Crippen LogP contribution < -0.4 is 0 Å². The van der Waals surface area contributed by atoms with Crippen molar-refractivity contribution in [2.75, 3.05) is 26.2 Å². The van der Waals surface area contributed by atoms with Crippen LogP contribution in [-0.2, 0) is 9.59 Å². The molecule has 0 aromatic rings. The number of rotatable bonds is 9. The zero-order valence-corrected chi connectivity index (χ0v) is 11.3. The molecule has 0 aromatic carbocycles. The molecular weight excluding hydrogens is 260 g/mol. The Kier molecular flexibility index (Phi) is 6.48. The van der Waals surface area contributed by atoms with Gasteiger partial charge < -0.3 is 10.0 Å². The van der Waals surface area contributed by atoms with Gasteiger partial charge in [0.1, 0.15) is 0 Å². The summed E-state index contributed by atoms with van der Waals surface area (Å²) in [5.41, 5.74) is 0. The van der Waals surface area contributed by atoms with Crippen LogP contribution in [0, 0.1) is 22.7 Å². The average Bonchev–Trinajstić information content (AvgIpc) is 3.21. The molecule has 1 saturated carbocycles. The molecule has 7 nitrogen and oxygen atoms in total. The van der Waals surface area contributed by atoms with E-state index < -0.39 is 5.97 Å². The van der Waals surface area contributed by atoms with Crippen LogP contribution in [0.2, 0.25) is 0 Å². The molecule has 0 radical (unpaired) electrons. The lowest BCUT2D eigenvalue weighted by atomic mass is 10.3. The molecule has 0 aromatic heterocycles. The standard InChI is InChI=1S/C13H18N4O3/c14-5-1-7-16(8-2-6-15)12(18)9-17(10-13(19)20)11-3-4-11/h11H,1-4,7-10H2,(H,19,20). The van der Waals surface area contributed by atoms with E-state index in [9.17, 15) is 9.59 Å². The highest BCUT2D eigenvalue weighted by atomic mass is 16.4. The number of carbonyl (C=O) groups excluding carboxylic acids is 1. The molecule has 108 valence electrons. The van der Waals surface area contributed by atoms with Crippen LogP contribution in [-0.4, -0.2) is 59.0 Å². The molecular formula is C13H18N4O3. The lowest BCUT2D eigenvalue weighted by Crippen LogP contribution is -2.43. The van der Waals surface area contributed by atoms with Gasteiger partial charge in [0.2, 0.25) is 5.91 Å². The number of carbonyl (C=O) groups is 2. The Morgan fingerprint density at radius 1 is 1.10 bits per heavy atom. The van der Waals surface area contributed by atoms with Gasteiger partial charge in [-0.3, -0.25) is 14.5 Å². The molecule has 0 spiro atoms. The van der Waals surface area contributed by atoms with E-state index in [0.29, 0.717) is 0 Å². The minimum Gasteiger partial charge on any atom is -0.480 e. The van der Waals surface area contributed by atoms with Gasteiger partial charge in [-0.05, 0) is 12.8 Å². The van der Waals surface area contributed by atoms with Gasteiger partial charge in [0.05, 0.1) is 38.1 Å². The smallest absolute Gasteiger partial charge is 0.317 e. The first-order valence-electron chi connectivity index (χ1n) is 6.56. The van der Waals surface area contributed by atoms with E-state index >= 15 is 0 Å². The van der Waals surface area contributed by atoms with Crippen molar-refractivity contribution >= 4 is 11.9 Å². The molecule has 1 amide bonds. The highest BCUT2D eigenvalue weighted by Crippen LogP contribution is 2.26. The van der Waals surface area contributed by atoms with Crippen LogP contribution in [0.1, 0.15) is 25.7 Å². The van der Waals surface area contributed by atoms with Gasteiger partial charge in [-0.1, -0.05) is 0 Å². The summed E-state index contributed by atoms with van der Waals surface area (Å²) in [6.45, 7) is 0.444. The van der Waals surface area contributed by atoms with Crippen LogP contribution >= 0.6 is 0 Å². The fraction of sp³-hybridized carbons (Fsp3) is 0.692. The summed E-state index contributed by atoms with van der Waals surface area (Å²) >= 11 is 0. The second-order valence-electron chi connectivity index (χ2n) is 4.73. The normalized spacial score (nSPS) is 13.6. The minimum absolute atomic E-state index is 0.0355. The summed E-state index contributed by atoms with van der Waals surface area (Å²) in [5.74, 6) is -1.17. The number of nitrogens with zero attached hydrogens (tertiary/aromatic N) is 4. The second-order valence-corrected chi connectivity index (χ2v) is 4.73. The third-order valence-corrected chi connectivity index (χ3v) is 3.08. The number of amides is 1. The first kappa shape index (κ1) is 15.9. The molecule has 1 aliphatic rings. The zero-order chi connectivity index (χ0) is 15.0. The number of aliphatic carboxylic acids is 1. The zero-order valence-electron chi connectivity index (χ0n) is 11.3. The summed E-state index contributed by atoms with van der Waals surface area (Å²) in [5, 5.41) is 26.0. The molecule has 0 atom stereocenters. The lowest BCUT2D eigenvalue weighted by Gasteiger charge is -2.25. The molecule has 0 unspecified atom stereocenters. The molecule has 0 saturated heterocycles. The lowest BCUT2D eigenvalue weighted by molar-refractivity contribution is -0.140. The average molecular weight is 278 g/mol. The fourth-order valence-corrected chi connectivity index (χ4v) is 1.93. The Labute approximate surface area is 118 Å². The number of hydrogen-bond acceptors (Lipinski definition) is 5. The van der Waals surface area contributed by atoms with Crippen LogP contribution in [0.25, 0.3) is 0 Å². The Bertz CT molecular complexity index is 416. The van der Waals surface area contributed by atoms with Gasteiger partial charge in [0, 0.05) is 19.1 Å². The summed E-state index contributed by atoms with van der Waals surface area (Å²) in [6.07, 6.45) is 2.24. The van der Waals surface area contributed by atoms with E-state index in [-0.39, 0.29) is 51.0 Å². The van der Waals surface area contributed by atoms with Crippen molar-refractivity contribution < 1.29 is 14.7 Å². The Hall–Kier alpha value is -2.12. The minimum atomic E-state index is -0.953. The van der Waals surface area contributed by atoms with Gasteiger partial charge in [0.25, 0.3) is 0 Å². The van der Waals surface area contributed by atoms with Gasteiger partial charge >= 0.3 is 5.97 Å². The van der Waals surface area contributed by atoms with E-state index in [1.165, 1.54) is 4.90 Å². The maximum atomic E-state index is 12.2. The van der Waals surface area contributed by atoms with Gasteiger partial charge in [-0.15, -0.1) is 0 Å². The van der Waals surface area contributed by atoms with Crippen LogP contribution in [0.5, 0.6) is 0 Å². The number of carboxylic acids is 1. The highest BCUT2D eigenvalue weighted by molar-refractivity contribution is 5.79. The van der Waals surface area contributed by atoms with Crippen molar-refractivity contribution in [3.8, 4) is 12.1 Å². The van der Waals surface area contributed by atoms with Crippen molar-refractivity contribution in [3.05, 3.63) is 0 Å². The Morgan fingerprint density at radius 2 is 1.65 bits per heavy atom. The van der Waals surface area contributed by atoms with Crippen LogP contribution in [0.3, 0.4) is 0 Å². The molecule has 0 aliphatic heterocycles. The van der Waals surface area contributed by atoms with Gasteiger partial charge in [-0.2, -0.15) is 10.5 Å². The first-order valence-corrected chi connectivity index (χ1v) is 6.56. The van der Waals surface area contributed by atoms with Crippen molar-refractivity contribution in [3.63, 3.8) is 0 Å². The molecule has 1 aliphatic carbocycles. The number of hydrogen-bond donors (Lipinski definition) is 1. The fourth-order valence-electron chi connectivity index (χ4n) is 1.93. The van der Waals surface area contributed by atoms with Crippen molar-refractivity contribution in [2.45, 2.75) is 31.7 Å². The molecule has 1 N–H and O–H groups in total. The molecule has 1 fully saturated rings. The Morgan fingerprint density at radius 3 is 2.05 bits per heavy atom. The third kappa shape index (κ3) is 5.68. The molecule has 1 rings (SSSR count). The molecule has 7 heteroatoms. The summed E-state index contributed by atoms with van der Waals surface area (Å²) < 4.78 is 0. The van der Waals surface area contributed by atoms with Crippen LogP contribution in [0.15, 0.2) is 0 Å². The monoisotopic (exact) mass is 278 g/mol. The quantitative estimate of drug-likeness (QED) is 0.645. The van der Waals surface area contributed by atoms with Gasteiger partial charge in [0.15, 0.2) is 0 Å². The molecule has 0 heterocycles. The van der Waals surface area contributed by atoms with Gasteiger partial charge in [-0.25, -0.2) is 0 Å². The van der Waals surface area contributed by atoms with Crippen molar-refractivity contribution in [2.24, 2.45) is 0 Å². The SMILES string of the molecule is N#CCCN(CCC#N)C(=O)CN(CC(=O)O)C1CC1. The molecule has 20 heavy (non-hydrogen) atoms. The maximum absolute atomic E-state index is 12.2. The predicted octanol–water partition coefficient (Wildman–Crippen LogP) is 0.191. The summed E-state index contributed by atoms with van der Waals surface area (Å²) in [4.78, 5) is 26.0. The number of nitriles is 2. The first-order chi connectivity index (χ1) is 9.58. The van der Waals surface area contributed by atoms with Crippen molar-refractivity contribution in [1.29, 1.82) is 10.5 Å². The van der Waals surface area contributed by atoms with E-state index in [1.807, 2.05) is 12.1 Å². The maximum Gasteiger partial charge on any atom is 0.317 e. The van der Waals surface area contributed by atoms with E-state index in [4.69, 9.17) is 15.6 Å². The van der Waals surface area contributed by atoms with Crippen molar-refractivity contribution in [1.82, 2.24) is 9.80 Å². The molecule has 0 bridgehead atoms. The summed E-state index contributed by atoms with van der Waals surface area (Å²) in [6, 6.07) is 4.10. The highest BCUT2D eigenvalue weighted by Gasteiger charge is 2.32. The largest absolute Gasteiger partial charge is 0.480 e. The number of carboxylic acid groups (broad SMARTS) is 1.